The third-order valence-electron chi connectivity index (χ3n) is 3.67. The van der Waals surface area contributed by atoms with Gasteiger partial charge in [-0.05, 0) is 23.6 Å². The van der Waals surface area contributed by atoms with Crippen LogP contribution in [0.3, 0.4) is 0 Å². The molecule has 3 aromatic heterocycles. The molecule has 120 valence electrons. The number of hydrogen-bond donors (Lipinski definition) is 3. The number of pyridine rings is 1. The fraction of sp³-hybridized carbons (Fsp3) is 0.118. The number of aromatic amines is 1. The highest BCUT2D eigenvalue weighted by Gasteiger charge is 2.09. The predicted molar refractivity (Wildman–Crippen MR) is 94.7 cm³/mol. The zero-order chi connectivity index (χ0) is 16.4. The van der Waals surface area contributed by atoms with E-state index in [4.69, 9.17) is 0 Å². The van der Waals surface area contributed by atoms with Crippen molar-refractivity contribution in [2.75, 3.05) is 5.32 Å². The third kappa shape index (κ3) is 2.86. The minimum Gasteiger partial charge on any atom is -0.392 e. The predicted octanol–water partition coefficient (Wildman–Crippen LogP) is 3.19. The summed E-state index contributed by atoms with van der Waals surface area (Å²) in [7, 11) is 0. The van der Waals surface area contributed by atoms with E-state index < -0.39 is 0 Å². The van der Waals surface area contributed by atoms with E-state index in [9.17, 15) is 5.11 Å². The van der Waals surface area contributed by atoms with Crippen molar-refractivity contribution in [1.29, 1.82) is 0 Å². The Bertz CT molecular complexity index is 964. The molecule has 0 aliphatic carbocycles. The molecule has 3 heterocycles. The summed E-state index contributed by atoms with van der Waals surface area (Å²) >= 11 is 1.60. The van der Waals surface area contributed by atoms with Gasteiger partial charge in [0.25, 0.3) is 0 Å². The van der Waals surface area contributed by atoms with Crippen LogP contribution >= 0.6 is 11.3 Å². The van der Waals surface area contributed by atoms with Gasteiger partial charge in [0, 0.05) is 10.9 Å². The second kappa shape index (κ2) is 6.38. The van der Waals surface area contributed by atoms with Gasteiger partial charge >= 0.3 is 0 Å². The van der Waals surface area contributed by atoms with Gasteiger partial charge in [0.2, 0.25) is 0 Å². The first-order chi connectivity index (χ1) is 11.8. The lowest BCUT2D eigenvalue weighted by Gasteiger charge is -2.10. The number of hydrogen-bond acceptors (Lipinski definition) is 6. The van der Waals surface area contributed by atoms with Crippen LogP contribution < -0.4 is 5.32 Å². The second-order valence-corrected chi connectivity index (χ2v) is 6.23. The van der Waals surface area contributed by atoms with E-state index in [1.807, 2.05) is 47.8 Å². The molecule has 6 nitrogen and oxygen atoms in total. The van der Waals surface area contributed by atoms with Gasteiger partial charge < -0.3 is 10.4 Å². The van der Waals surface area contributed by atoms with Gasteiger partial charge in [-0.3, -0.25) is 5.10 Å². The number of H-pyrrole nitrogens is 1. The van der Waals surface area contributed by atoms with Gasteiger partial charge in [0.05, 0.1) is 23.5 Å². The molecule has 0 aliphatic heterocycles. The molecule has 4 rings (SSSR count). The highest BCUT2D eigenvalue weighted by molar-refractivity contribution is 7.13. The zero-order valence-electron chi connectivity index (χ0n) is 12.7. The van der Waals surface area contributed by atoms with Crippen LogP contribution in [0.15, 0.2) is 47.8 Å². The first-order valence-electron chi connectivity index (χ1n) is 7.52. The standard InChI is InChI=1S/C17H15N5OS/c23-10-12-8-11-4-1-2-5-13(11)19-16(12)18-9-15-20-17(22-21-15)14-6-3-7-24-14/h1-8,23H,9-10H2,(H,18,19)(H,20,21,22). The Morgan fingerprint density at radius 2 is 2.04 bits per heavy atom. The van der Waals surface area contributed by atoms with Gasteiger partial charge in [-0.1, -0.05) is 24.3 Å². The Morgan fingerprint density at radius 1 is 1.12 bits per heavy atom. The highest BCUT2D eigenvalue weighted by Crippen LogP contribution is 2.22. The van der Waals surface area contributed by atoms with Crippen LogP contribution in [0.5, 0.6) is 0 Å². The Balaban J connectivity index is 1.56. The van der Waals surface area contributed by atoms with Crippen molar-refractivity contribution >= 4 is 28.1 Å². The molecule has 0 fully saturated rings. The van der Waals surface area contributed by atoms with Crippen molar-refractivity contribution in [2.45, 2.75) is 13.2 Å². The Hall–Kier alpha value is -2.77. The topological polar surface area (TPSA) is 86.7 Å². The number of thiophene rings is 1. The van der Waals surface area contributed by atoms with Crippen LogP contribution in [-0.2, 0) is 13.2 Å². The van der Waals surface area contributed by atoms with E-state index in [2.05, 4.69) is 25.5 Å². The van der Waals surface area contributed by atoms with Crippen molar-refractivity contribution < 1.29 is 5.11 Å². The second-order valence-electron chi connectivity index (χ2n) is 5.28. The summed E-state index contributed by atoms with van der Waals surface area (Å²) in [6, 6.07) is 13.7. The Morgan fingerprint density at radius 3 is 2.88 bits per heavy atom. The molecule has 0 amide bonds. The van der Waals surface area contributed by atoms with Crippen molar-refractivity contribution in [3.8, 4) is 10.7 Å². The van der Waals surface area contributed by atoms with Crippen LogP contribution in [0, 0.1) is 0 Å². The summed E-state index contributed by atoms with van der Waals surface area (Å²) in [5.74, 6) is 2.07. The molecule has 0 bridgehead atoms. The number of aliphatic hydroxyl groups excluding tert-OH is 1. The number of aromatic nitrogens is 4. The van der Waals surface area contributed by atoms with Crippen LogP contribution in [0.4, 0.5) is 5.82 Å². The molecule has 0 saturated heterocycles. The van der Waals surface area contributed by atoms with Crippen molar-refractivity contribution in [2.24, 2.45) is 0 Å². The quantitative estimate of drug-likeness (QED) is 0.521. The van der Waals surface area contributed by atoms with Gasteiger partial charge in [0.1, 0.15) is 11.6 Å². The SMILES string of the molecule is OCc1cc2ccccc2nc1NCc1nc(-c2cccs2)n[nH]1. The molecule has 0 unspecified atom stereocenters. The summed E-state index contributed by atoms with van der Waals surface area (Å²) in [5.41, 5.74) is 1.64. The largest absolute Gasteiger partial charge is 0.392 e. The molecule has 4 aromatic rings. The van der Waals surface area contributed by atoms with Crippen LogP contribution in [0.2, 0.25) is 0 Å². The number of aliphatic hydroxyl groups is 1. The monoisotopic (exact) mass is 337 g/mol. The zero-order valence-corrected chi connectivity index (χ0v) is 13.5. The van der Waals surface area contributed by atoms with E-state index in [-0.39, 0.29) is 6.61 Å². The Kier molecular flexibility index (Phi) is 3.94. The van der Waals surface area contributed by atoms with E-state index in [0.29, 0.717) is 18.2 Å². The average Bonchev–Trinajstić information content (AvgIpc) is 3.30. The fourth-order valence-corrected chi connectivity index (χ4v) is 3.15. The van der Waals surface area contributed by atoms with E-state index in [0.717, 1.165) is 27.2 Å². The normalized spacial score (nSPS) is 11.0. The lowest BCUT2D eigenvalue weighted by molar-refractivity contribution is 0.282. The third-order valence-corrected chi connectivity index (χ3v) is 4.54. The summed E-state index contributed by atoms with van der Waals surface area (Å²) in [6.45, 7) is 0.383. The maximum Gasteiger partial charge on any atom is 0.191 e. The molecule has 7 heteroatoms. The lowest BCUT2D eigenvalue weighted by Crippen LogP contribution is -2.06. The molecule has 1 aromatic carbocycles. The molecule has 24 heavy (non-hydrogen) atoms. The minimum atomic E-state index is -0.0724. The van der Waals surface area contributed by atoms with E-state index in [1.165, 1.54) is 0 Å². The van der Waals surface area contributed by atoms with Gasteiger partial charge in [-0.15, -0.1) is 11.3 Å². The van der Waals surface area contributed by atoms with Crippen LogP contribution in [0.1, 0.15) is 11.4 Å². The average molecular weight is 337 g/mol. The highest BCUT2D eigenvalue weighted by atomic mass is 32.1. The number of nitrogens with one attached hydrogen (secondary N) is 2. The van der Waals surface area contributed by atoms with Crippen LogP contribution in [0.25, 0.3) is 21.6 Å². The number of para-hydroxylation sites is 1. The van der Waals surface area contributed by atoms with Crippen molar-refractivity contribution in [3.05, 3.63) is 59.2 Å². The smallest absolute Gasteiger partial charge is 0.191 e. The summed E-state index contributed by atoms with van der Waals surface area (Å²) in [6.07, 6.45) is 0. The number of anilines is 1. The summed E-state index contributed by atoms with van der Waals surface area (Å²) in [4.78, 5) is 10.1. The molecular formula is C17H15N5OS. The molecule has 0 spiro atoms. The Labute approximate surface area is 142 Å². The molecule has 0 atom stereocenters. The lowest BCUT2D eigenvalue weighted by atomic mass is 10.1. The molecule has 0 saturated carbocycles. The number of fused-ring (bicyclic) bond motifs is 1. The molecular weight excluding hydrogens is 322 g/mol. The molecule has 3 N–H and O–H groups in total. The van der Waals surface area contributed by atoms with Gasteiger partial charge in [-0.2, -0.15) is 5.10 Å². The summed E-state index contributed by atoms with van der Waals surface area (Å²) in [5, 5.41) is 23.0. The maximum atomic E-state index is 9.59. The number of nitrogens with zero attached hydrogens (tertiary/aromatic N) is 3. The van der Waals surface area contributed by atoms with E-state index in [1.54, 1.807) is 11.3 Å². The van der Waals surface area contributed by atoms with Crippen molar-refractivity contribution in [1.82, 2.24) is 20.2 Å². The molecule has 0 aliphatic rings. The van der Waals surface area contributed by atoms with Gasteiger partial charge in [0.15, 0.2) is 5.82 Å². The van der Waals surface area contributed by atoms with Crippen LogP contribution in [-0.4, -0.2) is 25.3 Å². The molecule has 0 radical (unpaired) electrons. The van der Waals surface area contributed by atoms with Gasteiger partial charge in [-0.25, -0.2) is 9.97 Å². The number of benzene rings is 1. The summed E-state index contributed by atoms with van der Waals surface area (Å²) < 4.78 is 0. The fourth-order valence-electron chi connectivity index (χ4n) is 2.49. The first kappa shape index (κ1) is 14.8. The van der Waals surface area contributed by atoms with E-state index >= 15 is 0 Å². The minimum absolute atomic E-state index is 0.0724. The number of rotatable bonds is 5. The maximum absolute atomic E-state index is 9.59. The first-order valence-corrected chi connectivity index (χ1v) is 8.40. The van der Waals surface area contributed by atoms with Crippen molar-refractivity contribution in [3.63, 3.8) is 0 Å².